The first-order valence-electron chi connectivity index (χ1n) is 8.02. The zero-order chi connectivity index (χ0) is 19.3. The molecule has 142 valence electrons. The molecule has 0 unspecified atom stereocenters. The molecule has 2 rings (SSSR count). The molecule has 0 bridgehead atoms. The number of Topliss-reactive ketones (excluding diaryl/α,β-unsaturated/α-hetero) is 1. The molecule has 5 nitrogen and oxygen atoms in total. The van der Waals surface area contributed by atoms with E-state index < -0.39 is 11.9 Å². The number of hydrogen-bond donors (Lipinski definition) is 0. The Labute approximate surface area is 169 Å². The minimum absolute atomic E-state index is 0.0862. The molecule has 26 heavy (non-hydrogen) atoms. The van der Waals surface area contributed by atoms with Crippen molar-refractivity contribution in [3.63, 3.8) is 0 Å². The van der Waals surface area contributed by atoms with Gasteiger partial charge in [0, 0.05) is 27.9 Å². The van der Waals surface area contributed by atoms with E-state index in [-0.39, 0.29) is 12.2 Å². The molecule has 0 aliphatic carbocycles. The minimum Gasteiger partial charge on any atom is -0.493 e. The van der Waals surface area contributed by atoms with Crippen LogP contribution in [0.5, 0.6) is 11.5 Å². The summed E-state index contributed by atoms with van der Waals surface area (Å²) in [6, 6.07) is 3.56. The van der Waals surface area contributed by atoms with Crippen LogP contribution in [0.4, 0.5) is 0 Å². The molecular weight excluding hydrogens is 444 g/mol. The summed E-state index contributed by atoms with van der Waals surface area (Å²) in [5, 5.41) is 1.98. The molecule has 0 saturated heterocycles. The molecule has 0 amide bonds. The maximum atomic E-state index is 12.5. The number of benzene rings is 1. The first kappa shape index (κ1) is 21.0. The fourth-order valence-corrected chi connectivity index (χ4v) is 4.05. The van der Waals surface area contributed by atoms with E-state index in [1.807, 2.05) is 6.07 Å². The average Bonchev–Trinajstić information content (AvgIpc) is 3.07. The molecule has 1 atom stereocenters. The van der Waals surface area contributed by atoms with Gasteiger partial charge in [-0.15, -0.1) is 11.3 Å². The van der Waals surface area contributed by atoms with E-state index in [2.05, 4.69) is 20.7 Å². The van der Waals surface area contributed by atoms with Crippen LogP contribution in [-0.4, -0.2) is 37.9 Å². The van der Waals surface area contributed by atoms with Crippen molar-refractivity contribution in [1.29, 1.82) is 0 Å². The molecule has 0 saturated carbocycles. The number of hydrogen-bond acceptors (Lipinski definition) is 6. The van der Waals surface area contributed by atoms with Crippen LogP contribution >= 0.6 is 38.9 Å². The summed E-state index contributed by atoms with van der Waals surface area (Å²) in [7, 11) is 2.86. The molecule has 8 heteroatoms. The van der Waals surface area contributed by atoms with Crippen molar-refractivity contribution in [2.24, 2.45) is 5.92 Å². The normalized spacial score (nSPS) is 12.0. The van der Waals surface area contributed by atoms with Gasteiger partial charge in [-0.2, -0.15) is 0 Å². The maximum absolute atomic E-state index is 12.5. The highest BCUT2D eigenvalue weighted by atomic mass is 79.9. The standard InChI is InChI=1S/C18H20BrClO5S/c1-10(18(22)24-3)7-12(21)15-8-11-14(26-15)9-13(23-2)17(16(11)20)25-6-4-5-19/h8-10H,4-7H2,1-3H3/t10-/m0/s1. The van der Waals surface area contributed by atoms with Crippen LogP contribution in [0.25, 0.3) is 10.1 Å². The molecule has 0 N–H and O–H groups in total. The molecule has 1 heterocycles. The number of alkyl halides is 1. The summed E-state index contributed by atoms with van der Waals surface area (Å²) >= 11 is 11.2. The maximum Gasteiger partial charge on any atom is 0.308 e. The summed E-state index contributed by atoms with van der Waals surface area (Å²) < 4.78 is 16.6. The Hall–Kier alpha value is -1.31. The van der Waals surface area contributed by atoms with Gasteiger partial charge in [-0.05, 0) is 12.5 Å². The number of carbonyl (C=O) groups excluding carboxylic acids is 2. The van der Waals surface area contributed by atoms with Crippen LogP contribution in [0.3, 0.4) is 0 Å². The first-order chi connectivity index (χ1) is 12.4. The zero-order valence-corrected chi connectivity index (χ0v) is 17.9. The van der Waals surface area contributed by atoms with Crippen molar-refractivity contribution in [1.82, 2.24) is 0 Å². The van der Waals surface area contributed by atoms with E-state index >= 15 is 0 Å². The van der Waals surface area contributed by atoms with Gasteiger partial charge < -0.3 is 14.2 Å². The Balaban J connectivity index is 2.33. The van der Waals surface area contributed by atoms with Gasteiger partial charge in [0.05, 0.1) is 36.6 Å². The van der Waals surface area contributed by atoms with E-state index in [1.165, 1.54) is 18.4 Å². The summed E-state index contributed by atoms with van der Waals surface area (Å²) in [6.45, 7) is 2.17. The van der Waals surface area contributed by atoms with Gasteiger partial charge in [-0.1, -0.05) is 34.5 Å². The van der Waals surface area contributed by atoms with Crippen molar-refractivity contribution < 1.29 is 23.8 Å². The Bertz CT molecular complexity index is 804. The molecule has 1 aromatic carbocycles. The third kappa shape index (κ3) is 4.69. The number of carbonyl (C=O) groups is 2. The SMILES string of the molecule is COC(=O)[C@@H](C)CC(=O)c1cc2c(Cl)c(OCCCBr)c(OC)cc2s1. The van der Waals surface area contributed by atoms with Gasteiger partial charge in [0.2, 0.25) is 0 Å². The number of ether oxygens (including phenoxy) is 3. The smallest absolute Gasteiger partial charge is 0.308 e. The minimum atomic E-state index is -0.495. The second-order valence-corrected chi connectivity index (χ2v) is 7.94. The molecule has 0 aliphatic rings. The third-order valence-electron chi connectivity index (χ3n) is 3.80. The molecular formula is C18H20BrClO5S. The lowest BCUT2D eigenvalue weighted by Crippen LogP contribution is -2.16. The summed E-state index contributed by atoms with van der Waals surface area (Å²) in [4.78, 5) is 24.6. The predicted molar refractivity (Wildman–Crippen MR) is 107 cm³/mol. The molecule has 0 radical (unpaired) electrons. The first-order valence-corrected chi connectivity index (χ1v) is 10.3. The second kappa shape index (κ2) is 9.58. The van der Waals surface area contributed by atoms with Crippen LogP contribution in [0, 0.1) is 5.92 Å². The summed E-state index contributed by atoms with van der Waals surface area (Å²) in [6.07, 6.45) is 0.916. The summed E-state index contributed by atoms with van der Waals surface area (Å²) in [5.41, 5.74) is 0. The van der Waals surface area contributed by atoms with Crippen molar-refractivity contribution in [2.45, 2.75) is 19.8 Å². The van der Waals surface area contributed by atoms with Crippen LogP contribution in [0.15, 0.2) is 12.1 Å². The molecule has 0 aliphatic heterocycles. The quantitative estimate of drug-likeness (QED) is 0.224. The van der Waals surface area contributed by atoms with Gasteiger partial charge in [0.1, 0.15) is 0 Å². The molecule has 0 fully saturated rings. The molecule has 1 aromatic heterocycles. The molecule has 0 spiro atoms. The Morgan fingerprint density at radius 1 is 1.31 bits per heavy atom. The lowest BCUT2D eigenvalue weighted by molar-refractivity contribution is -0.144. The summed E-state index contributed by atoms with van der Waals surface area (Å²) in [5.74, 6) is -0.0170. The number of methoxy groups -OCH3 is 2. The number of ketones is 1. The van der Waals surface area contributed by atoms with Crippen molar-refractivity contribution in [3.05, 3.63) is 22.0 Å². The Morgan fingerprint density at radius 3 is 2.65 bits per heavy atom. The van der Waals surface area contributed by atoms with Gasteiger partial charge in [0.15, 0.2) is 17.3 Å². The predicted octanol–water partition coefficient (Wildman–Crippen LogP) is 5.11. The van der Waals surface area contributed by atoms with Gasteiger partial charge in [0.25, 0.3) is 0 Å². The lowest BCUT2D eigenvalue weighted by atomic mass is 10.0. The van der Waals surface area contributed by atoms with Gasteiger partial charge >= 0.3 is 5.97 Å². The topological polar surface area (TPSA) is 61.8 Å². The van der Waals surface area contributed by atoms with E-state index in [9.17, 15) is 9.59 Å². The number of rotatable bonds is 9. The zero-order valence-electron chi connectivity index (χ0n) is 14.8. The number of halogens is 2. The van der Waals surface area contributed by atoms with Gasteiger partial charge in [-0.3, -0.25) is 9.59 Å². The third-order valence-corrected chi connectivity index (χ3v) is 5.86. The largest absolute Gasteiger partial charge is 0.493 e. The van der Waals surface area contributed by atoms with E-state index in [4.69, 9.17) is 21.1 Å². The molecule has 2 aromatic rings. The number of fused-ring (bicyclic) bond motifs is 1. The van der Waals surface area contributed by atoms with E-state index in [0.717, 1.165) is 21.8 Å². The van der Waals surface area contributed by atoms with Crippen LogP contribution in [0.1, 0.15) is 29.4 Å². The van der Waals surface area contributed by atoms with Crippen LogP contribution in [-0.2, 0) is 9.53 Å². The Morgan fingerprint density at radius 2 is 2.04 bits per heavy atom. The van der Waals surface area contributed by atoms with Crippen molar-refractivity contribution in [3.8, 4) is 11.5 Å². The van der Waals surface area contributed by atoms with Crippen LogP contribution < -0.4 is 9.47 Å². The van der Waals surface area contributed by atoms with E-state index in [1.54, 1.807) is 20.1 Å². The van der Waals surface area contributed by atoms with Gasteiger partial charge in [-0.25, -0.2) is 0 Å². The van der Waals surface area contributed by atoms with E-state index in [0.29, 0.717) is 28.0 Å². The highest BCUT2D eigenvalue weighted by Gasteiger charge is 2.22. The second-order valence-electron chi connectivity index (χ2n) is 5.69. The van der Waals surface area contributed by atoms with Crippen molar-refractivity contribution >= 4 is 60.7 Å². The van der Waals surface area contributed by atoms with Crippen LogP contribution in [0.2, 0.25) is 5.02 Å². The average molecular weight is 464 g/mol. The fourth-order valence-electron chi connectivity index (χ4n) is 2.41. The fraction of sp³-hybridized carbons (Fsp3) is 0.444. The van der Waals surface area contributed by atoms with Crippen molar-refractivity contribution in [2.75, 3.05) is 26.2 Å². The highest BCUT2D eigenvalue weighted by molar-refractivity contribution is 9.09. The number of esters is 1. The highest BCUT2D eigenvalue weighted by Crippen LogP contribution is 2.44. The lowest BCUT2D eigenvalue weighted by Gasteiger charge is -2.12. The monoisotopic (exact) mass is 462 g/mol. The number of thiophene rings is 1. The Kier molecular flexibility index (Phi) is 7.73.